The summed E-state index contributed by atoms with van der Waals surface area (Å²) < 4.78 is 21.0. The summed E-state index contributed by atoms with van der Waals surface area (Å²) in [6, 6.07) is 22.1. The van der Waals surface area contributed by atoms with Crippen LogP contribution in [0.25, 0.3) is 0 Å². The summed E-state index contributed by atoms with van der Waals surface area (Å²) in [5.74, 6) is 0.833. The Morgan fingerprint density at radius 1 is 0.767 bits per heavy atom. The summed E-state index contributed by atoms with van der Waals surface area (Å²) in [5, 5.41) is 4.65. The van der Waals surface area contributed by atoms with Crippen LogP contribution >= 0.6 is 8.58 Å². The molecule has 0 bridgehead atoms. The molecule has 3 aromatic rings. The molecule has 0 N–H and O–H groups in total. The molecule has 1 unspecified atom stereocenters. The van der Waals surface area contributed by atoms with Gasteiger partial charge in [0.2, 0.25) is 0 Å². The van der Waals surface area contributed by atoms with Gasteiger partial charge in [-0.05, 0) is 16.8 Å². The van der Waals surface area contributed by atoms with Gasteiger partial charge in [-0.1, -0.05) is 114 Å². The Kier molecular flexibility index (Phi) is 7.01. The molecule has 0 saturated carbocycles. The first kappa shape index (κ1) is 22.9. The molecule has 0 radical (unpaired) electrons. The number of rotatable bonds is 7. The topological polar surface area (TPSA) is 9.23 Å². The van der Waals surface area contributed by atoms with E-state index in [2.05, 4.69) is 63.5 Å². The van der Waals surface area contributed by atoms with Crippen LogP contribution in [0.1, 0.15) is 5.56 Å². The molecule has 0 aliphatic carbocycles. The Balaban J connectivity index is 2.13. The Bertz CT molecular complexity index is 1010. The van der Waals surface area contributed by atoms with Gasteiger partial charge in [-0.15, -0.1) is 0 Å². The molecule has 5 heteroatoms. The van der Waals surface area contributed by atoms with E-state index in [0.29, 0.717) is 6.61 Å². The lowest BCUT2D eigenvalue weighted by molar-refractivity contribution is 0.311. The second-order valence-corrected chi connectivity index (χ2v) is 21.2. The van der Waals surface area contributed by atoms with Crippen molar-refractivity contribution >= 4 is 45.7 Å². The zero-order valence-electron chi connectivity index (χ0n) is 18.8. The molecule has 0 aromatic heterocycles. The third-order valence-corrected chi connectivity index (χ3v) is 10.5. The molecule has 0 aliphatic heterocycles. The highest BCUT2D eigenvalue weighted by molar-refractivity contribution is 7.55. The lowest BCUT2D eigenvalue weighted by atomic mass is 10.2. The predicted octanol–water partition coefficient (Wildman–Crippen LogP) is 5.12. The molecule has 1 nitrogen and oxygen atoms in total. The smallest absolute Gasteiger partial charge is 0.130 e. The fourth-order valence-corrected chi connectivity index (χ4v) is 7.57. The number of hydrogen-bond donors (Lipinski definition) is 0. The molecule has 1 atom stereocenters. The van der Waals surface area contributed by atoms with E-state index in [1.54, 1.807) is 12.1 Å². The van der Waals surface area contributed by atoms with Crippen molar-refractivity contribution in [2.24, 2.45) is 0 Å². The van der Waals surface area contributed by atoms with E-state index >= 15 is 0 Å². The van der Waals surface area contributed by atoms with E-state index in [1.807, 2.05) is 30.3 Å². The second-order valence-electron chi connectivity index (χ2n) is 9.78. The van der Waals surface area contributed by atoms with Crippen LogP contribution < -0.4 is 25.7 Å². The molecule has 0 saturated heterocycles. The van der Waals surface area contributed by atoms with Crippen molar-refractivity contribution in [1.82, 2.24) is 0 Å². The van der Waals surface area contributed by atoms with E-state index < -0.39 is 16.1 Å². The summed E-state index contributed by atoms with van der Waals surface area (Å²) in [6.45, 7) is 14.7. The third kappa shape index (κ3) is 5.69. The zero-order chi connectivity index (χ0) is 21.9. The van der Waals surface area contributed by atoms with Crippen LogP contribution in [0, 0.1) is 5.82 Å². The number of benzene rings is 3. The molecule has 0 heterocycles. The van der Waals surface area contributed by atoms with E-state index in [0.717, 1.165) is 21.9 Å². The minimum absolute atomic E-state index is 0.141. The molecule has 3 rings (SSSR count). The minimum Gasteiger partial charge on any atom is -0.488 e. The monoisotopic (exact) mass is 454 g/mol. The lowest BCUT2D eigenvalue weighted by Crippen LogP contribution is -2.48. The van der Waals surface area contributed by atoms with Crippen LogP contribution in [0.2, 0.25) is 39.3 Å². The highest BCUT2D eigenvalue weighted by atomic mass is 31.1. The first-order valence-corrected chi connectivity index (χ1v) is 18.4. The molecule has 0 spiro atoms. The predicted molar refractivity (Wildman–Crippen MR) is 137 cm³/mol. The van der Waals surface area contributed by atoms with Crippen molar-refractivity contribution in [3.05, 3.63) is 78.1 Å². The van der Waals surface area contributed by atoms with Crippen molar-refractivity contribution in [1.29, 1.82) is 0 Å². The van der Waals surface area contributed by atoms with E-state index in [9.17, 15) is 4.39 Å². The highest BCUT2D eigenvalue weighted by Gasteiger charge is 2.28. The van der Waals surface area contributed by atoms with Crippen molar-refractivity contribution in [3.63, 3.8) is 0 Å². The van der Waals surface area contributed by atoms with Crippen LogP contribution in [0.5, 0.6) is 5.75 Å². The Labute approximate surface area is 184 Å². The van der Waals surface area contributed by atoms with Gasteiger partial charge in [-0.25, -0.2) is 4.39 Å². The van der Waals surface area contributed by atoms with E-state index in [4.69, 9.17) is 4.74 Å². The standard InChI is InChI=1S/C25H32FOPSi2/c1-29(2,3)20-16-23(28-22-15-11-10-14-21(22)26)25(24(17-20)30(4,5)6)27-18-19-12-8-7-9-13-19/h7-17,28H,18H2,1-6H3. The van der Waals surface area contributed by atoms with Crippen molar-refractivity contribution < 1.29 is 9.13 Å². The SMILES string of the molecule is C[Si](C)(C)c1cc(Pc2ccccc2F)c(OCc2ccccc2)c([Si](C)(C)C)c1. The number of hydrogen-bond acceptors (Lipinski definition) is 1. The van der Waals surface area contributed by atoms with Crippen molar-refractivity contribution in [3.8, 4) is 5.75 Å². The summed E-state index contributed by atoms with van der Waals surface area (Å²) in [7, 11) is -2.98. The van der Waals surface area contributed by atoms with Gasteiger partial charge < -0.3 is 4.74 Å². The molecule has 0 aliphatic rings. The normalized spacial score (nSPS) is 12.5. The van der Waals surface area contributed by atoms with Crippen molar-refractivity contribution in [2.45, 2.75) is 45.9 Å². The fourth-order valence-electron chi connectivity index (χ4n) is 3.30. The average Bonchev–Trinajstić information content (AvgIpc) is 2.67. The molecule has 3 aromatic carbocycles. The molecule has 30 heavy (non-hydrogen) atoms. The molecule has 158 valence electrons. The maximum atomic E-state index is 14.5. The lowest BCUT2D eigenvalue weighted by Gasteiger charge is -2.28. The van der Waals surface area contributed by atoms with Crippen LogP contribution in [0.3, 0.4) is 0 Å². The summed E-state index contributed by atoms with van der Waals surface area (Å²) in [5.41, 5.74) is 1.15. The summed E-state index contributed by atoms with van der Waals surface area (Å²) in [6.07, 6.45) is 0. The number of ether oxygens (including phenoxy) is 1. The summed E-state index contributed by atoms with van der Waals surface area (Å²) >= 11 is 0. The molecular formula is C25H32FOPSi2. The molecular weight excluding hydrogens is 422 g/mol. The van der Waals surface area contributed by atoms with Gasteiger partial charge in [0, 0.05) is 10.6 Å². The first-order chi connectivity index (χ1) is 14.1. The third-order valence-electron chi connectivity index (χ3n) is 5.13. The largest absolute Gasteiger partial charge is 0.488 e. The maximum Gasteiger partial charge on any atom is 0.130 e. The molecule has 0 amide bonds. The van der Waals surface area contributed by atoms with Crippen LogP contribution in [-0.2, 0) is 6.61 Å². The van der Waals surface area contributed by atoms with Gasteiger partial charge in [-0.2, -0.15) is 0 Å². The highest BCUT2D eigenvalue weighted by Crippen LogP contribution is 2.23. The van der Waals surface area contributed by atoms with Gasteiger partial charge in [0.25, 0.3) is 0 Å². The zero-order valence-corrected chi connectivity index (χ0v) is 21.8. The fraction of sp³-hybridized carbons (Fsp3) is 0.280. The Morgan fingerprint density at radius 2 is 1.40 bits per heavy atom. The Morgan fingerprint density at radius 3 is 2.00 bits per heavy atom. The van der Waals surface area contributed by atoms with Crippen LogP contribution in [0.4, 0.5) is 4.39 Å². The maximum absolute atomic E-state index is 14.5. The van der Waals surface area contributed by atoms with Gasteiger partial charge in [0.15, 0.2) is 0 Å². The van der Waals surface area contributed by atoms with Crippen LogP contribution in [-0.4, -0.2) is 16.1 Å². The van der Waals surface area contributed by atoms with E-state index in [-0.39, 0.29) is 14.4 Å². The summed E-state index contributed by atoms with van der Waals surface area (Å²) in [4.78, 5) is 0. The number of halogens is 1. The first-order valence-electron chi connectivity index (χ1n) is 10.4. The van der Waals surface area contributed by atoms with E-state index in [1.165, 1.54) is 10.4 Å². The Hall–Kier alpha value is -1.75. The quantitative estimate of drug-likeness (QED) is 0.355. The van der Waals surface area contributed by atoms with Gasteiger partial charge in [-0.3, -0.25) is 0 Å². The van der Waals surface area contributed by atoms with Gasteiger partial charge in [0.05, 0.1) is 16.1 Å². The van der Waals surface area contributed by atoms with Gasteiger partial charge in [0.1, 0.15) is 18.2 Å². The average molecular weight is 455 g/mol. The molecule has 0 fully saturated rings. The van der Waals surface area contributed by atoms with Crippen molar-refractivity contribution in [2.75, 3.05) is 0 Å². The second kappa shape index (κ2) is 9.17. The van der Waals surface area contributed by atoms with Crippen LogP contribution in [0.15, 0.2) is 66.7 Å². The van der Waals surface area contributed by atoms with Gasteiger partial charge >= 0.3 is 0 Å². The minimum atomic E-state index is -1.68.